The fourth-order valence-corrected chi connectivity index (χ4v) is 2.19. The van der Waals surface area contributed by atoms with E-state index >= 15 is 0 Å². The summed E-state index contributed by atoms with van der Waals surface area (Å²) >= 11 is 0. The van der Waals surface area contributed by atoms with Crippen molar-refractivity contribution in [1.82, 2.24) is 10.2 Å². The number of rotatable bonds is 4. The first-order chi connectivity index (χ1) is 9.58. The van der Waals surface area contributed by atoms with Crippen molar-refractivity contribution in [3.8, 4) is 0 Å². The number of nitrogen functional groups attached to an aromatic ring is 1. The van der Waals surface area contributed by atoms with E-state index in [0.29, 0.717) is 17.9 Å². The summed E-state index contributed by atoms with van der Waals surface area (Å²) in [7, 11) is 0. The van der Waals surface area contributed by atoms with Crippen LogP contribution in [0.15, 0.2) is 24.3 Å². The zero-order valence-electron chi connectivity index (χ0n) is 12.1. The number of aryl methyl sites for hydroxylation is 2. The maximum Gasteiger partial charge on any atom is 0.280 e. The highest BCUT2D eigenvalue weighted by molar-refractivity contribution is 6.08. The van der Waals surface area contributed by atoms with Crippen molar-refractivity contribution in [2.45, 2.75) is 27.2 Å². The van der Waals surface area contributed by atoms with E-state index in [-0.39, 0.29) is 5.91 Å². The summed E-state index contributed by atoms with van der Waals surface area (Å²) in [5.74, 6) is -0.174. The van der Waals surface area contributed by atoms with Gasteiger partial charge in [-0.05, 0) is 38.0 Å². The maximum atomic E-state index is 12.6. The van der Waals surface area contributed by atoms with Crippen LogP contribution in [0.3, 0.4) is 0 Å². The van der Waals surface area contributed by atoms with Crippen LogP contribution in [0.25, 0.3) is 0 Å². The Morgan fingerprint density at radius 3 is 2.70 bits per heavy atom. The van der Waals surface area contributed by atoms with Crippen LogP contribution in [-0.4, -0.2) is 22.6 Å². The summed E-state index contributed by atoms with van der Waals surface area (Å²) in [6.07, 6.45) is 0.725. The fraction of sp³-hybridized carbons (Fsp3) is 0.333. The second-order valence-electron chi connectivity index (χ2n) is 4.71. The van der Waals surface area contributed by atoms with E-state index in [9.17, 15) is 4.79 Å². The summed E-state index contributed by atoms with van der Waals surface area (Å²) in [6.45, 7) is 6.47. The number of H-pyrrole nitrogens is 1. The third-order valence-corrected chi connectivity index (χ3v) is 3.31. The zero-order chi connectivity index (χ0) is 14.7. The molecule has 1 amide bonds. The van der Waals surface area contributed by atoms with Crippen LogP contribution in [0.5, 0.6) is 0 Å². The number of hydrogen-bond donors (Lipinski definition) is 2. The molecule has 106 valence electrons. The quantitative estimate of drug-likeness (QED) is 0.898. The van der Waals surface area contributed by atoms with Gasteiger partial charge < -0.3 is 10.6 Å². The Labute approximate surface area is 118 Å². The van der Waals surface area contributed by atoms with Gasteiger partial charge in [0.15, 0.2) is 5.69 Å². The molecule has 0 unspecified atom stereocenters. The lowest BCUT2D eigenvalue weighted by Crippen LogP contribution is -2.31. The molecule has 1 aromatic heterocycles. The molecule has 0 aliphatic rings. The minimum atomic E-state index is -0.174. The zero-order valence-corrected chi connectivity index (χ0v) is 12.1. The molecule has 0 spiro atoms. The van der Waals surface area contributed by atoms with Crippen molar-refractivity contribution < 1.29 is 4.79 Å². The van der Waals surface area contributed by atoms with Crippen molar-refractivity contribution in [3.05, 3.63) is 41.2 Å². The third-order valence-electron chi connectivity index (χ3n) is 3.31. The van der Waals surface area contributed by atoms with Crippen LogP contribution in [0.1, 0.15) is 35.6 Å². The van der Waals surface area contributed by atoms with Crippen molar-refractivity contribution in [3.63, 3.8) is 0 Å². The smallest absolute Gasteiger partial charge is 0.280 e. The molecule has 0 bridgehead atoms. The standard InChI is InChI=1S/C15H20N4O/c1-4-12-13(16)14(18-17-12)15(20)19(5-2)11-8-6-7-10(3)9-11/h6-9H,4-5,16H2,1-3H3,(H,17,18). The Morgan fingerprint density at radius 1 is 1.40 bits per heavy atom. The molecule has 20 heavy (non-hydrogen) atoms. The monoisotopic (exact) mass is 272 g/mol. The molecule has 0 fully saturated rings. The Balaban J connectivity index is 2.36. The van der Waals surface area contributed by atoms with Crippen LogP contribution >= 0.6 is 0 Å². The number of anilines is 2. The maximum absolute atomic E-state index is 12.6. The second-order valence-corrected chi connectivity index (χ2v) is 4.71. The predicted molar refractivity (Wildman–Crippen MR) is 80.9 cm³/mol. The van der Waals surface area contributed by atoms with E-state index in [2.05, 4.69) is 10.2 Å². The van der Waals surface area contributed by atoms with E-state index in [0.717, 1.165) is 23.4 Å². The largest absolute Gasteiger partial charge is 0.395 e. The number of aromatic nitrogens is 2. The normalized spacial score (nSPS) is 10.6. The summed E-state index contributed by atoms with van der Waals surface area (Å²) < 4.78 is 0. The van der Waals surface area contributed by atoms with Crippen molar-refractivity contribution in [1.29, 1.82) is 0 Å². The van der Waals surface area contributed by atoms with Crippen LogP contribution in [0.2, 0.25) is 0 Å². The molecule has 2 aromatic rings. The van der Waals surface area contributed by atoms with Crippen LogP contribution in [-0.2, 0) is 6.42 Å². The number of aromatic amines is 1. The molecule has 1 aromatic carbocycles. The summed E-state index contributed by atoms with van der Waals surface area (Å²) in [5, 5.41) is 6.89. The van der Waals surface area contributed by atoms with E-state index in [1.807, 2.05) is 45.0 Å². The molecular formula is C15H20N4O. The average Bonchev–Trinajstić information content (AvgIpc) is 2.80. The predicted octanol–water partition coefficient (Wildman–Crippen LogP) is 2.53. The molecule has 1 heterocycles. The van der Waals surface area contributed by atoms with E-state index in [4.69, 9.17) is 5.73 Å². The molecule has 5 nitrogen and oxygen atoms in total. The molecular weight excluding hydrogens is 252 g/mol. The second kappa shape index (κ2) is 5.77. The summed E-state index contributed by atoms with van der Waals surface area (Å²) in [6, 6.07) is 7.83. The summed E-state index contributed by atoms with van der Waals surface area (Å²) in [4.78, 5) is 14.3. The van der Waals surface area contributed by atoms with Gasteiger partial charge in [-0.3, -0.25) is 9.89 Å². The van der Waals surface area contributed by atoms with Crippen LogP contribution < -0.4 is 10.6 Å². The Kier molecular flexibility index (Phi) is 4.08. The minimum Gasteiger partial charge on any atom is -0.395 e. The summed E-state index contributed by atoms with van der Waals surface area (Å²) in [5.41, 5.74) is 9.49. The highest BCUT2D eigenvalue weighted by Crippen LogP contribution is 2.21. The number of carbonyl (C=O) groups excluding carboxylic acids is 1. The van der Waals surface area contributed by atoms with Gasteiger partial charge in [0.25, 0.3) is 5.91 Å². The highest BCUT2D eigenvalue weighted by atomic mass is 16.2. The molecule has 0 radical (unpaired) electrons. The number of hydrogen-bond acceptors (Lipinski definition) is 3. The van der Waals surface area contributed by atoms with Gasteiger partial charge >= 0.3 is 0 Å². The first-order valence-corrected chi connectivity index (χ1v) is 6.79. The lowest BCUT2D eigenvalue weighted by atomic mass is 10.2. The lowest BCUT2D eigenvalue weighted by molar-refractivity contribution is 0.0984. The number of nitrogens with zero attached hydrogens (tertiary/aromatic N) is 2. The van der Waals surface area contributed by atoms with E-state index in [1.165, 1.54) is 0 Å². The molecule has 0 aliphatic carbocycles. The van der Waals surface area contributed by atoms with Crippen molar-refractivity contribution in [2.24, 2.45) is 0 Å². The van der Waals surface area contributed by atoms with Crippen LogP contribution in [0.4, 0.5) is 11.4 Å². The number of nitrogens with two attached hydrogens (primary N) is 1. The molecule has 0 atom stereocenters. The lowest BCUT2D eigenvalue weighted by Gasteiger charge is -2.20. The molecule has 0 saturated heterocycles. The Morgan fingerprint density at radius 2 is 2.15 bits per heavy atom. The number of benzene rings is 1. The van der Waals surface area contributed by atoms with Crippen molar-refractivity contribution in [2.75, 3.05) is 17.2 Å². The van der Waals surface area contributed by atoms with Gasteiger partial charge in [-0.1, -0.05) is 19.1 Å². The Bertz CT molecular complexity index is 618. The molecule has 5 heteroatoms. The topological polar surface area (TPSA) is 75.0 Å². The molecule has 0 saturated carbocycles. The molecule has 0 aliphatic heterocycles. The van der Waals surface area contributed by atoms with Gasteiger partial charge in [0.1, 0.15) is 0 Å². The Hall–Kier alpha value is -2.30. The van der Waals surface area contributed by atoms with Gasteiger partial charge in [-0.15, -0.1) is 0 Å². The first-order valence-electron chi connectivity index (χ1n) is 6.79. The highest BCUT2D eigenvalue weighted by Gasteiger charge is 2.22. The molecule has 2 rings (SSSR count). The van der Waals surface area contributed by atoms with Gasteiger partial charge in [0, 0.05) is 12.2 Å². The van der Waals surface area contributed by atoms with Crippen LogP contribution in [0, 0.1) is 6.92 Å². The third kappa shape index (κ3) is 2.52. The number of nitrogens with one attached hydrogen (secondary N) is 1. The van der Waals surface area contributed by atoms with Gasteiger partial charge in [0.05, 0.1) is 11.4 Å². The van der Waals surface area contributed by atoms with Gasteiger partial charge in [-0.2, -0.15) is 5.10 Å². The van der Waals surface area contributed by atoms with E-state index in [1.54, 1.807) is 4.90 Å². The van der Waals surface area contributed by atoms with Gasteiger partial charge in [-0.25, -0.2) is 0 Å². The minimum absolute atomic E-state index is 0.174. The fourth-order valence-electron chi connectivity index (χ4n) is 2.19. The molecule has 3 N–H and O–H groups in total. The van der Waals surface area contributed by atoms with Crippen molar-refractivity contribution >= 4 is 17.3 Å². The number of carbonyl (C=O) groups is 1. The number of amides is 1. The first kappa shape index (κ1) is 14.1. The SMILES string of the molecule is CCc1[nH]nc(C(=O)N(CC)c2cccc(C)c2)c1N. The average molecular weight is 272 g/mol. The van der Waals surface area contributed by atoms with E-state index < -0.39 is 0 Å². The van der Waals surface area contributed by atoms with Gasteiger partial charge in [0.2, 0.25) is 0 Å².